The molecular weight excluding hydrogens is 274 g/mol. The van der Waals surface area contributed by atoms with Crippen molar-refractivity contribution in [2.75, 3.05) is 7.11 Å². The molecule has 0 heterocycles. The van der Waals surface area contributed by atoms with Gasteiger partial charge in [0.05, 0.1) is 19.6 Å². The predicted molar refractivity (Wildman–Crippen MR) is 89.1 cm³/mol. The molecule has 0 radical (unpaired) electrons. The van der Waals surface area contributed by atoms with E-state index in [0.29, 0.717) is 6.42 Å². The van der Waals surface area contributed by atoms with Crippen LogP contribution >= 0.6 is 0 Å². The molecule has 0 unspecified atom stereocenters. The monoisotopic (exact) mass is 297 g/mol. The summed E-state index contributed by atoms with van der Waals surface area (Å²) in [6.45, 7) is 4.14. The Kier molecular flexibility index (Phi) is 5.59. The van der Waals surface area contributed by atoms with Crippen LogP contribution in [0.25, 0.3) is 0 Å². The Morgan fingerprint density at radius 2 is 1.64 bits per heavy atom. The summed E-state index contributed by atoms with van der Waals surface area (Å²) < 4.78 is 5.11. The molecule has 22 heavy (non-hydrogen) atoms. The number of methoxy groups -OCH3 is 1. The molecule has 0 aliphatic heterocycles. The maximum Gasteiger partial charge on any atom is 0.224 e. The van der Waals surface area contributed by atoms with Crippen LogP contribution in [-0.2, 0) is 17.6 Å². The van der Waals surface area contributed by atoms with Crippen LogP contribution < -0.4 is 10.1 Å². The average Bonchev–Trinajstić information content (AvgIpc) is 2.55. The van der Waals surface area contributed by atoms with Crippen LogP contribution in [0.5, 0.6) is 5.75 Å². The first-order valence-corrected chi connectivity index (χ1v) is 7.63. The average molecular weight is 297 g/mol. The lowest BCUT2D eigenvalue weighted by Gasteiger charge is -2.15. The van der Waals surface area contributed by atoms with Gasteiger partial charge in [0.25, 0.3) is 0 Å². The molecule has 0 saturated heterocycles. The number of hydrogen-bond donors (Lipinski definition) is 1. The minimum atomic E-state index is 0.0108. The molecule has 0 aromatic heterocycles. The lowest BCUT2D eigenvalue weighted by molar-refractivity contribution is -0.121. The van der Waals surface area contributed by atoms with Crippen molar-refractivity contribution in [3.05, 3.63) is 65.2 Å². The van der Waals surface area contributed by atoms with Crippen LogP contribution in [-0.4, -0.2) is 13.0 Å². The summed E-state index contributed by atoms with van der Waals surface area (Å²) in [5.41, 5.74) is 3.41. The van der Waals surface area contributed by atoms with Gasteiger partial charge in [0.15, 0.2) is 0 Å². The van der Waals surface area contributed by atoms with Crippen LogP contribution in [0.3, 0.4) is 0 Å². The number of hydrogen-bond acceptors (Lipinski definition) is 2. The molecule has 1 N–H and O–H groups in total. The van der Waals surface area contributed by atoms with Gasteiger partial charge in [-0.2, -0.15) is 0 Å². The third kappa shape index (κ3) is 4.35. The fourth-order valence-electron chi connectivity index (χ4n) is 2.35. The molecule has 1 amide bonds. The van der Waals surface area contributed by atoms with Crippen molar-refractivity contribution in [1.82, 2.24) is 5.32 Å². The van der Waals surface area contributed by atoms with Gasteiger partial charge in [-0.15, -0.1) is 0 Å². The summed E-state index contributed by atoms with van der Waals surface area (Å²) in [4.78, 5) is 12.1. The van der Waals surface area contributed by atoms with Crippen LogP contribution in [0, 0.1) is 0 Å². The van der Waals surface area contributed by atoms with E-state index in [0.717, 1.165) is 23.3 Å². The maximum absolute atomic E-state index is 12.1. The van der Waals surface area contributed by atoms with Gasteiger partial charge in [-0.1, -0.05) is 43.3 Å². The number of benzene rings is 2. The first-order valence-electron chi connectivity index (χ1n) is 7.63. The molecule has 0 aliphatic rings. The largest absolute Gasteiger partial charge is 0.497 e. The normalized spacial score (nSPS) is 11.8. The standard InChI is InChI=1S/C19H23NO2/c1-4-15-5-9-17(10-6-15)14(2)20-19(21)13-16-7-11-18(22-3)12-8-16/h5-12,14H,4,13H2,1-3H3,(H,20,21)/t14-/m1/s1. The first kappa shape index (κ1) is 16.1. The van der Waals surface area contributed by atoms with E-state index in [9.17, 15) is 4.79 Å². The number of ether oxygens (including phenoxy) is 1. The highest BCUT2D eigenvalue weighted by Gasteiger charge is 2.10. The lowest BCUT2D eigenvalue weighted by Crippen LogP contribution is -2.28. The minimum Gasteiger partial charge on any atom is -0.497 e. The topological polar surface area (TPSA) is 38.3 Å². The fraction of sp³-hybridized carbons (Fsp3) is 0.316. The van der Waals surface area contributed by atoms with Crippen molar-refractivity contribution in [3.8, 4) is 5.75 Å². The number of nitrogens with one attached hydrogen (secondary N) is 1. The summed E-state index contributed by atoms with van der Waals surface area (Å²) >= 11 is 0. The van der Waals surface area contributed by atoms with Gasteiger partial charge < -0.3 is 10.1 Å². The molecule has 3 nitrogen and oxygen atoms in total. The van der Waals surface area contributed by atoms with Crippen LogP contribution in [0.2, 0.25) is 0 Å². The van der Waals surface area contributed by atoms with Gasteiger partial charge in [0, 0.05) is 0 Å². The molecule has 0 saturated carbocycles. The number of carbonyl (C=O) groups excluding carboxylic acids is 1. The molecule has 1 atom stereocenters. The van der Waals surface area contributed by atoms with E-state index < -0.39 is 0 Å². The zero-order valence-electron chi connectivity index (χ0n) is 13.4. The Morgan fingerprint density at radius 3 is 2.18 bits per heavy atom. The molecule has 2 aromatic rings. The molecule has 116 valence electrons. The highest BCUT2D eigenvalue weighted by atomic mass is 16.5. The molecular formula is C19H23NO2. The van der Waals surface area contributed by atoms with E-state index in [2.05, 4.69) is 36.5 Å². The molecule has 0 bridgehead atoms. The van der Waals surface area contributed by atoms with Crippen LogP contribution in [0.15, 0.2) is 48.5 Å². The molecule has 2 rings (SSSR count). The summed E-state index contributed by atoms with van der Waals surface area (Å²) in [5, 5.41) is 3.04. The fourth-order valence-corrected chi connectivity index (χ4v) is 2.35. The van der Waals surface area contributed by atoms with Gasteiger partial charge >= 0.3 is 0 Å². The quantitative estimate of drug-likeness (QED) is 0.883. The second-order valence-electron chi connectivity index (χ2n) is 5.41. The van der Waals surface area contributed by atoms with Crippen molar-refractivity contribution in [1.29, 1.82) is 0 Å². The van der Waals surface area contributed by atoms with Gasteiger partial charge in [0.2, 0.25) is 5.91 Å². The van der Waals surface area contributed by atoms with E-state index in [1.165, 1.54) is 5.56 Å². The lowest BCUT2D eigenvalue weighted by atomic mass is 10.0. The number of amides is 1. The minimum absolute atomic E-state index is 0.0108. The summed E-state index contributed by atoms with van der Waals surface area (Å²) in [6, 6.07) is 16.0. The Morgan fingerprint density at radius 1 is 1.05 bits per heavy atom. The van der Waals surface area contributed by atoms with E-state index in [1.54, 1.807) is 7.11 Å². The van der Waals surface area contributed by atoms with Crippen molar-refractivity contribution in [2.45, 2.75) is 32.7 Å². The number of aryl methyl sites for hydroxylation is 1. The predicted octanol–water partition coefficient (Wildman–Crippen LogP) is 3.68. The molecule has 0 fully saturated rings. The molecule has 0 spiro atoms. The molecule has 2 aromatic carbocycles. The number of rotatable bonds is 6. The van der Waals surface area contributed by atoms with E-state index in [4.69, 9.17) is 4.74 Å². The highest BCUT2D eigenvalue weighted by molar-refractivity contribution is 5.79. The van der Waals surface area contributed by atoms with Gasteiger partial charge in [0.1, 0.15) is 5.75 Å². The van der Waals surface area contributed by atoms with E-state index >= 15 is 0 Å². The van der Waals surface area contributed by atoms with Gasteiger partial charge in [-0.25, -0.2) is 0 Å². The van der Waals surface area contributed by atoms with E-state index in [-0.39, 0.29) is 11.9 Å². The summed E-state index contributed by atoms with van der Waals surface area (Å²) in [7, 11) is 1.63. The summed E-state index contributed by atoms with van der Waals surface area (Å²) in [5.74, 6) is 0.825. The van der Waals surface area contributed by atoms with Crippen LogP contribution in [0.1, 0.15) is 36.6 Å². The second-order valence-corrected chi connectivity index (χ2v) is 5.41. The van der Waals surface area contributed by atoms with Gasteiger partial charge in [-0.3, -0.25) is 4.79 Å². The Balaban J connectivity index is 1.92. The zero-order chi connectivity index (χ0) is 15.9. The van der Waals surface area contributed by atoms with Crippen LogP contribution in [0.4, 0.5) is 0 Å². The maximum atomic E-state index is 12.1. The third-order valence-corrected chi connectivity index (χ3v) is 3.79. The first-order chi connectivity index (χ1) is 10.6. The van der Waals surface area contributed by atoms with Crippen molar-refractivity contribution in [3.63, 3.8) is 0 Å². The van der Waals surface area contributed by atoms with E-state index in [1.807, 2.05) is 31.2 Å². The summed E-state index contributed by atoms with van der Waals surface area (Å²) in [6.07, 6.45) is 1.40. The Hall–Kier alpha value is -2.29. The van der Waals surface area contributed by atoms with Gasteiger partial charge in [-0.05, 0) is 42.2 Å². The molecule has 3 heteroatoms. The zero-order valence-corrected chi connectivity index (χ0v) is 13.4. The Bertz CT molecular complexity index is 602. The SMILES string of the molecule is CCc1ccc([C@@H](C)NC(=O)Cc2ccc(OC)cc2)cc1. The van der Waals surface area contributed by atoms with Crippen molar-refractivity contribution >= 4 is 5.91 Å². The second kappa shape index (κ2) is 7.64. The van der Waals surface area contributed by atoms with Crippen molar-refractivity contribution < 1.29 is 9.53 Å². The van der Waals surface area contributed by atoms with Crippen molar-refractivity contribution in [2.24, 2.45) is 0 Å². The number of carbonyl (C=O) groups is 1. The third-order valence-electron chi connectivity index (χ3n) is 3.79. The smallest absolute Gasteiger partial charge is 0.224 e. The highest BCUT2D eigenvalue weighted by Crippen LogP contribution is 2.15. The Labute approximate surface area is 132 Å². The molecule has 0 aliphatic carbocycles.